The first-order valence-corrected chi connectivity index (χ1v) is 4.91. The predicted molar refractivity (Wildman–Crippen MR) is 56.8 cm³/mol. The molecule has 0 amide bonds. The molecule has 1 unspecified atom stereocenters. The maximum atomic E-state index is 10.2. The Bertz CT molecular complexity index is 274. The van der Waals surface area contributed by atoms with Gasteiger partial charge in [-0.3, -0.25) is 4.98 Å². The largest absolute Gasteiger partial charge is 0.388 e. The lowest BCUT2D eigenvalue weighted by molar-refractivity contribution is 0.00324. The number of pyridine rings is 1. The number of hydrogen-bond donors (Lipinski definition) is 2. The Morgan fingerprint density at radius 1 is 1.50 bits per heavy atom. The zero-order valence-corrected chi connectivity index (χ0v) is 8.77. The molecule has 14 heavy (non-hydrogen) atoms. The molecule has 1 atom stereocenters. The van der Waals surface area contributed by atoms with Crippen LogP contribution in [-0.2, 0) is 6.42 Å². The molecule has 0 aliphatic rings. The fraction of sp³-hybridized carbons (Fsp3) is 0.545. The molecule has 3 N–H and O–H groups in total. The van der Waals surface area contributed by atoms with E-state index in [0.717, 1.165) is 5.69 Å². The van der Waals surface area contributed by atoms with E-state index in [1.165, 1.54) is 0 Å². The lowest BCUT2D eigenvalue weighted by atomic mass is 9.86. The number of rotatable bonds is 4. The van der Waals surface area contributed by atoms with Gasteiger partial charge in [0, 0.05) is 24.9 Å². The molecule has 3 heteroatoms. The van der Waals surface area contributed by atoms with Gasteiger partial charge in [0.15, 0.2) is 0 Å². The molecule has 0 radical (unpaired) electrons. The van der Waals surface area contributed by atoms with Crippen molar-refractivity contribution in [3.63, 3.8) is 0 Å². The van der Waals surface area contributed by atoms with Crippen LogP contribution in [0.3, 0.4) is 0 Å². The van der Waals surface area contributed by atoms with Crippen molar-refractivity contribution in [2.75, 3.05) is 6.54 Å². The molecule has 1 heterocycles. The molecule has 1 aromatic rings. The van der Waals surface area contributed by atoms with Gasteiger partial charge >= 0.3 is 0 Å². The third kappa shape index (κ3) is 2.53. The summed E-state index contributed by atoms with van der Waals surface area (Å²) in [6, 6.07) is 5.68. The summed E-state index contributed by atoms with van der Waals surface area (Å²) in [5.74, 6) is 0.134. The van der Waals surface area contributed by atoms with Crippen molar-refractivity contribution < 1.29 is 5.11 Å². The van der Waals surface area contributed by atoms with E-state index in [1.54, 1.807) is 6.20 Å². The predicted octanol–water partition coefficient (Wildman–Crippen LogP) is 0.970. The van der Waals surface area contributed by atoms with Gasteiger partial charge in [0.05, 0.1) is 5.60 Å². The highest BCUT2D eigenvalue weighted by Crippen LogP contribution is 2.19. The number of aromatic nitrogens is 1. The molecule has 1 aromatic heterocycles. The van der Waals surface area contributed by atoms with Crippen molar-refractivity contribution in [2.45, 2.75) is 25.9 Å². The minimum atomic E-state index is -0.839. The van der Waals surface area contributed by atoms with Crippen LogP contribution < -0.4 is 5.73 Å². The summed E-state index contributed by atoms with van der Waals surface area (Å²) in [4.78, 5) is 4.18. The Labute approximate surface area is 85.0 Å². The maximum Gasteiger partial charge on any atom is 0.0847 e. The quantitative estimate of drug-likeness (QED) is 0.751. The van der Waals surface area contributed by atoms with E-state index >= 15 is 0 Å². The second-order valence-corrected chi connectivity index (χ2v) is 3.96. The van der Waals surface area contributed by atoms with Gasteiger partial charge in [-0.2, -0.15) is 0 Å². The van der Waals surface area contributed by atoms with Crippen LogP contribution in [0.15, 0.2) is 24.4 Å². The smallest absolute Gasteiger partial charge is 0.0847 e. The Kier molecular flexibility index (Phi) is 3.61. The molecule has 0 aliphatic carbocycles. The van der Waals surface area contributed by atoms with E-state index in [-0.39, 0.29) is 12.5 Å². The van der Waals surface area contributed by atoms with Crippen LogP contribution in [0.4, 0.5) is 0 Å². The molecule has 0 spiro atoms. The summed E-state index contributed by atoms with van der Waals surface area (Å²) in [6.07, 6.45) is 2.24. The molecule has 0 aliphatic heterocycles. The van der Waals surface area contributed by atoms with Crippen molar-refractivity contribution in [1.29, 1.82) is 0 Å². The fourth-order valence-electron chi connectivity index (χ4n) is 1.33. The molecule has 1 rings (SSSR count). The van der Waals surface area contributed by atoms with Crippen molar-refractivity contribution in [3.05, 3.63) is 30.1 Å². The van der Waals surface area contributed by atoms with E-state index in [9.17, 15) is 5.11 Å². The van der Waals surface area contributed by atoms with Gasteiger partial charge < -0.3 is 10.8 Å². The number of nitrogens with two attached hydrogens (primary N) is 1. The molecule has 0 aromatic carbocycles. The zero-order valence-electron chi connectivity index (χ0n) is 8.77. The number of aliphatic hydroxyl groups is 1. The van der Waals surface area contributed by atoms with Crippen LogP contribution in [-0.4, -0.2) is 22.2 Å². The molecule has 0 bridgehead atoms. The van der Waals surface area contributed by atoms with Gasteiger partial charge in [0.25, 0.3) is 0 Å². The molecule has 0 saturated heterocycles. The van der Waals surface area contributed by atoms with Gasteiger partial charge in [0.2, 0.25) is 0 Å². The van der Waals surface area contributed by atoms with Gasteiger partial charge in [-0.05, 0) is 18.1 Å². The topological polar surface area (TPSA) is 59.1 Å². The van der Waals surface area contributed by atoms with Crippen LogP contribution in [0.2, 0.25) is 0 Å². The van der Waals surface area contributed by atoms with Crippen LogP contribution in [0.1, 0.15) is 19.5 Å². The fourth-order valence-corrected chi connectivity index (χ4v) is 1.33. The summed E-state index contributed by atoms with van der Waals surface area (Å²) >= 11 is 0. The van der Waals surface area contributed by atoms with Gasteiger partial charge in [0.1, 0.15) is 0 Å². The second-order valence-electron chi connectivity index (χ2n) is 3.96. The van der Waals surface area contributed by atoms with E-state index in [0.29, 0.717) is 6.42 Å². The average molecular weight is 194 g/mol. The zero-order chi connectivity index (χ0) is 10.6. The average Bonchev–Trinajstić information content (AvgIpc) is 2.19. The number of hydrogen-bond acceptors (Lipinski definition) is 3. The Morgan fingerprint density at radius 3 is 2.64 bits per heavy atom. The van der Waals surface area contributed by atoms with Gasteiger partial charge in [-0.25, -0.2) is 0 Å². The summed E-state index contributed by atoms with van der Waals surface area (Å²) < 4.78 is 0. The lowest BCUT2D eigenvalue weighted by Crippen LogP contribution is -2.45. The summed E-state index contributed by atoms with van der Waals surface area (Å²) in [5, 5.41) is 10.2. The summed E-state index contributed by atoms with van der Waals surface area (Å²) in [7, 11) is 0. The lowest BCUT2D eigenvalue weighted by Gasteiger charge is -2.30. The first kappa shape index (κ1) is 11.1. The highest BCUT2D eigenvalue weighted by atomic mass is 16.3. The standard InChI is InChI=1S/C11H18N2O/c1-9(2)11(14,8-12)7-10-5-3-4-6-13-10/h3-6,9,14H,7-8,12H2,1-2H3. The molecule has 78 valence electrons. The van der Waals surface area contributed by atoms with E-state index < -0.39 is 5.60 Å². The summed E-state index contributed by atoms with van der Waals surface area (Å²) in [6.45, 7) is 4.20. The Morgan fingerprint density at radius 2 is 2.21 bits per heavy atom. The van der Waals surface area contributed by atoms with E-state index in [4.69, 9.17) is 5.73 Å². The van der Waals surface area contributed by atoms with Crippen molar-refractivity contribution in [1.82, 2.24) is 4.98 Å². The minimum Gasteiger partial charge on any atom is -0.388 e. The second kappa shape index (κ2) is 4.53. The Hall–Kier alpha value is -0.930. The third-order valence-corrected chi connectivity index (χ3v) is 2.64. The minimum absolute atomic E-state index is 0.134. The normalized spacial score (nSPS) is 15.5. The van der Waals surface area contributed by atoms with Crippen LogP contribution in [0.5, 0.6) is 0 Å². The molecule has 3 nitrogen and oxygen atoms in total. The molecular weight excluding hydrogens is 176 g/mol. The monoisotopic (exact) mass is 194 g/mol. The van der Waals surface area contributed by atoms with E-state index in [2.05, 4.69) is 4.98 Å². The maximum absolute atomic E-state index is 10.2. The Balaban J connectivity index is 2.76. The first-order valence-electron chi connectivity index (χ1n) is 4.91. The number of nitrogens with zero attached hydrogens (tertiary/aromatic N) is 1. The van der Waals surface area contributed by atoms with Crippen LogP contribution >= 0.6 is 0 Å². The highest BCUT2D eigenvalue weighted by molar-refractivity contribution is 5.07. The third-order valence-electron chi connectivity index (χ3n) is 2.64. The van der Waals surface area contributed by atoms with Gasteiger partial charge in [-0.15, -0.1) is 0 Å². The van der Waals surface area contributed by atoms with Gasteiger partial charge in [-0.1, -0.05) is 19.9 Å². The highest BCUT2D eigenvalue weighted by Gasteiger charge is 2.29. The SMILES string of the molecule is CC(C)C(O)(CN)Cc1ccccn1. The van der Waals surface area contributed by atoms with Crippen molar-refractivity contribution >= 4 is 0 Å². The van der Waals surface area contributed by atoms with Crippen molar-refractivity contribution in [3.8, 4) is 0 Å². The van der Waals surface area contributed by atoms with Crippen LogP contribution in [0, 0.1) is 5.92 Å². The molecular formula is C11H18N2O. The van der Waals surface area contributed by atoms with E-state index in [1.807, 2.05) is 32.0 Å². The van der Waals surface area contributed by atoms with Crippen molar-refractivity contribution in [2.24, 2.45) is 11.7 Å². The molecule has 0 saturated carbocycles. The first-order chi connectivity index (χ1) is 6.58. The molecule has 0 fully saturated rings. The summed E-state index contributed by atoms with van der Waals surface area (Å²) in [5.41, 5.74) is 5.62. The van der Waals surface area contributed by atoms with Crippen LogP contribution in [0.25, 0.3) is 0 Å².